The minimum absolute atomic E-state index is 0.787. The van der Waals surface area contributed by atoms with Crippen LogP contribution in [0.2, 0.25) is 0 Å². The highest BCUT2D eigenvalue weighted by Gasteiger charge is 2.27. The standard InChI is InChI=1S/C11H12O2S/c1-8-5-10(7-14-8)11(2,12)9-3-4-13-6-9/h3-7,12H,1-2H3. The van der Waals surface area contributed by atoms with E-state index in [0.29, 0.717) is 0 Å². The maximum atomic E-state index is 10.3. The van der Waals surface area contributed by atoms with Crippen molar-refractivity contribution in [3.8, 4) is 0 Å². The first kappa shape index (κ1) is 9.49. The highest BCUT2D eigenvalue weighted by molar-refractivity contribution is 7.10. The number of hydrogen-bond acceptors (Lipinski definition) is 3. The summed E-state index contributed by atoms with van der Waals surface area (Å²) in [5, 5.41) is 12.3. The fourth-order valence-electron chi connectivity index (χ4n) is 1.41. The summed E-state index contributed by atoms with van der Waals surface area (Å²) >= 11 is 1.64. The van der Waals surface area contributed by atoms with Gasteiger partial charge in [0, 0.05) is 10.4 Å². The van der Waals surface area contributed by atoms with Gasteiger partial charge in [-0.25, -0.2) is 0 Å². The van der Waals surface area contributed by atoms with E-state index in [1.807, 2.05) is 18.4 Å². The van der Waals surface area contributed by atoms with Gasteiger partial charge in [0.25, 0.3) is 0 Å². The molecule has 74 valence electrons. The SMILES string of the molecule is Cc1cc(C(C)(O)c2ccoc2)cs1. The lowest BCUT2D eigenvalue weighted by atomic mass is 9.92. The molecule has 1 N–H and O–H groups in total. The van der Waals surface area contributed by atoms with Crippen LogP contribution in [0.5, 0.6) is 0 Å². The van der Waals surface area contributed by atoms with Gasteiger partial charge in [0.05, 0.1) is 12.5 Å². The van der Waals surface area contributed by atoms with Crippen molar-refractivity contribution in [2.75, 3.05) is 0 Å². The van der Waals surface area contributed by atoms with E-state index in [1.54, 1.807) is 36.9 Å². The van der Waals surface area contributed by atoms with Crippen LogP contribution in [0.25, 0.3) is 0 Å². The molecule has 0 fully saturated rings. The fraction of sp³-hybridized carbons (Fsp3) is 0.273. The molecule has 0 bridgehead atoms. The molecular weight excluding hydrogens is 196 g/mol. The van der Waals surface area contributed by atoms with Gasteiger partial charge in [-0.3, -0.25) is 0 Å². The van der Waals surface area contributed by atoms with Gasteiger partial charge in [-0.15, -0.1) is 11.3 Å². The molecule has 2 aromatic rings. The highest BCUT2D eigenvalue weighted by atomic mass is 32.1. The van der Waals surface area contributed by atoms with E-state index in [1.165, 1.54) is 4.88 Å². The van der Waals surface area contributed by atoms with Crippen LogP contribution >= 0.6 is 11.3 Å². The number of aryl methyl sites for hydroxylation is 1. The van der Waals surface area contributed by atoms with Gasteiger partial charge in [0.15, 0.2) is 0 Å². The largest absolute Gasteiger partial charge is 0.472 e. The molecule has 2 aromatic heterocycles. The number of hydrogen-bond donors (Lipinski definition) is 1. The van der Waals surface area contributed by atoms with Crippen LogP contribution in [0.3, 0.4) is 0 Å². The van der Waals surface area contributed by atoms with Crippen molar-refractivity contribution < 1.29 is 9.52 Å². The Morgan fingerprint density at radius 3 is 2.71 bits per heavy atom. The summed E-state index contributed by atoms with van der Waals surface area (Å²) in [6.07, 6.45) is 3.15. The number of furan rings is 1. The van der Waals surface area contributed by atoms with Gasteiger partial charge in [-0.1, -0.05) is 0 Å². The second kappa shape index (κ2) is 3.26. The summed E-state index contributed by atoms with van der Waals surface area (Å²) in [4.78, 5) is 1.20. The normalized spacial score (nSPS) is 15.4. The maximum absolute atomic E-state index is 10.3. The Hall–Kier alpha value is -1.06. The molecule has 14 heavy (non-hydrogen) atoms. The molecule has 0 aromatic carbocycles. The average Bonchev–Trinajstić information content (AvgIpc) is 2.72. The monoisotopic (exact) mass is 208 g/mol. The van der Waals surface area contributed by atoms with Gasteiger partial charge in [0.1, 0.15) is 5.60 Å². The first-order chi connectivity index (χ1) is 6.60. The number of thiophene rings is 1. The summed E-state index contributed by atoms with van der Waals surface area (Å²) in [7, 11) is 0. The van der Waals surface area contributed by atoms with Crippen molar-refractivity contribution >= 4 is 11.3 Å². The molecule has 2 rings (SSSR count). The third-order valence-corrected chi connectivity index (χ3v) is 3.24. The average molecular weight is 208 g/mol. The zero-order valence-corrected chi connectivity index (χ0v) is 8.97. The van der Waals surface area contributed by atoms with Crippen molar-refractivity contribution in [1.82, 2.24) is 0 Å². The topological polar surface area (TPSA) is 33.4 Å². The molecule has 0 aliphatic heterocycles. The molecule has 3 heteroatoms. The Balaban J connectivity index is 2.42. The maximum Gasteiger partial charge on any atom is 0.116 e. The number of aliphatic hydroxyl groups is 1. The molecule has 2 nitrogen and oxygen atoms in total. The molecule has 1 atom stereocenters. The molecule has 0 saturated heterocycles. The van der Waals surface area contributed by atoms with Crippen LogP contribution in [-0.2, 0) is 5.60 Å². The lowest BCUT2D eigenvalue weighted by molar-refractivity contribution is 0.102. The molecule has 0 amide bonds. The number of rotatable bonds is 2. The van der Waals surface area contributed by atoms with Gasteiger partial charge in [0.2, 0.25) is 0 Å². The van der Waals surface area contributed by atoms with Crippen molar-refractivity contribution in [1.29, 1.82) is 0 Å². The van der Waals surface area contributed by atoms with Crippen LogP contribution in [0.4, 0.5) is 0 Å². The Kier molecular flexibility index (Phi) is 2.21. The zero-order valence-electron chi connectivity index (χ0n) is 8.15. The third-order valence-electron chi connectivity index (χ3n) is 2.38. The van der Waals surface area contributed by atoms with Gasteiger partial charge >= 0.3 is 0 Å². The molecule has 2 heterocycles. The van der Waals surface area contributed by atoms with Crippen molar-refractivity contribution in [3.05, 3.63) is 46.0 Å². The van der Waals surface area contributed by atoms with E-state index >= 15 is 0 Å². The van der Waals surface area contributed by atoms with Crippen molar-refractivity contribution in [3.63, 3.8) is 0 Å². The van der Waals surface area contributed by atoms with Crippen LogP contribution in [-0.4, -0.2) is 5.11 Å². The first-order valence-corrected chi connectivity index (χ1v) is 5.29. The van der Waals surface area contributed by atoms with E-state index < -0.39 is 5.60 Å². The molecule has 0 spiro atoms. The fourth-order valence-corrected chi connectivity index (χ4v) is 2.21. The van der Waals surface area contributed by atoms with Crippen LogP contribution in [0.15, 0.2) is 34.5 Å². The Morgan fingerprint density at radius 1 is 1.43 bits per heavy atom. The third kappa shape index (κ3) is 1.49. The Morgan fingerprint density at radius 2 is 2.21 bits per heavy atom. The predicted molar refractivity (Wildman–Crippen MR) is 56.4 cm³/mol. The predicted octanol–water partition coefficient (Wildman–Crippen LogP) is 2.91. The van der Waals surface area contributed by atoms with Gasteiger partial charge < -0.3 is 9.52 Å². The second-order valence-electron chi connectivity index (χ2n) is 3.53. The quantitative estimate of drug-likeness (QED) is 0.823. The van der Waals surface area contributed by atoms with Crippen molar-refractivity contribution in [2.24, 2.45) is 0 Å². The van der Waals surface area contributed by atoms with E-state index in [2.05, 4.69) is 0 Å². The molecule has 0 aliphatic rings. The lowest BCUT2D eigenvalue weighted by Gasteiger charge is -2.20. The van der Waals surface area contributed by atoms with Gasteiger partial charge in [-0.2, -0.15) is 0 Å². The van der Waals surface area contributed by atoms with E-state index in [0.717, 1.165) is 11.1 Å². The lowest BCUT2D eigenvalue weighted by Crippen LogP contribution is -2.20. The minimum Gasteiger partial charge on any atom is -0.472 e. The molecular formula is C11H12O2S. The van der Waals surface area contributed by atoms with Crippen LogP contribution < -0.4 is 0 Å². The summed E-state index contributed by atoms with van der Waals surface area (Å²) in [6.45, 7) is 3.80. The summed E-state index contributed by atoms with van der Waals surface area (Å²) < 4.78 is 4.97. The molecule has 0 aliphatic carbocycles. The highest BCUT2D eigenvalue weighted by Crippen LogP contribution is 2.32. The zero-order chi connectivity index (χ0) is 10.2. The second-order valence-corrected chi connectivity index (χ2v) is 4.65. The van der Waals surface area contributed by atoms with E-state index in [-0.39, 0.29) is 0 Å². The van der Waals surface area contributed by atoms with Crippen molar-refractivity contribution in [2.45, 2.75) is 19.4 Å². The molecule has 1 unspecified atom stereocenters. The van der Waals surface area contributed by atoms with Crippen LogP contribution in [0, 0.1) is 6.92 Å². The summed E-state index contributed by atoms with van der Waals surface area (Å²) in [5.41, 5.74) is 0.759. The summed E-state index contributed by atoms with van der Waals surface area (Å²) in [6, 6.07) is 3.78. The van der Waals surface area contributed by atoms with Gasteiger partial charge in [-0.05, 0) is 36.9 Å². The Bertz CT molecular complexity index is 412. The summed E-state index contributed by atoms with van der Waals surface area (Å²) in [5.74, 6) is 0. The first-order valence-electron chi connectivity index (χ1n) is 4.41. The minimum atomic E-state index is -0.947. The Labute approximate surface area is 86.8 Å². The van der Waals surface area contributed by atoms with E-state index in [4.69, 9.17) is 4.42 Å². The van der Waals surface area contributed by atoms with E-state index in [9.17, 15) is 5.11 Å². The molecule has 0 saturated carbocycles. The molecule has 0 radical (unpaired) electrons. The van der Waals surface area contributed by atoms with Crippen LogP contribution in [0.1, 0.15) is 22.9 Å². The smallest absolute Gasteiger partial charge is 0.116 e.